The normalized spacial score (nSPS) is 11.2. The van der Waals surface area contributed by atoms with Gasteiger partial charge in [0, 0.05) is 16.0 Å². The van der Waals surface area contributed by atoms with Crippen molar-refractivity contribution >= 4 is 51.4 Å². The summed E-state index contributed by atoms with van der Waals surface area (Å²) in [5, 5.41) is 14.5. The summed E-state index contributed by atoms with van der Waals surface area (Å²) >= 11 is 13.8. The van der Waals surface area contributed by atoms with E-state index >= 15 is 0 Å². The second kappa shape index (κ2) is 7.81. The van der Waals surface area contributed by atoms with Crippen LogP contribution >= 0.6 is 34.5 Å². The molecule has 0 unspecified atom stereocenters. The molecular formula is C21H14Cl2N6OS. The number of benzene rings is 2. The smallest absolute Gasteiger partial charge is 0.261 e. The number of hydrogen-bond acceptors (Lipinski definition) is 5. The molecule has 5 rings (SSSR count). The number of para-hydroxylation sites is 1. The molecule has 31 heavy (non-hydrogen) atoms. The van der Waals surface area contributed by atoms with Crippen LogP contribution in [0.4, 0.5) is 5.95 Å². The molecule has 0 bridgehead atoms. The third kappa shape index (κ3) is 3.59. The Hall–Kier alpha value is -3.20. The Morgan fingerprint density at radius 3 is 2.74 bits per heavy atom. The van der Waals surface area contributed by atoms with E-state index in [0.29, 0.717) is 20.6 Å². The van der Waals surface area contributed by atoms with Crippen LogP contribution in [0, 0.1) is 6.92 Å². The van der Waals surface area contributed by atoms with E-state index in [9.17, 15) is 4.79 Å². The first-order valence-electron chi connectivity index (χ1n) is 9.22. The molecule has 3 aromatic heterocycles. The first-order valence-corrected chi connectivity index (χ1v) is 10.9. The SMILES string of the molecule is Cc1c(C(=O)Nc2nc3scc(-c4cc(Cl)ccc4Cl)n3n2)cnn1-c1ccccc1. The van der Waals surface area contributed by atoms with Crippen molar-refractivity contribution < 1.29 is 4.79 Å². The van der Waals surface area contributed by atoms with Crippen molar-refractivity contribution in [2.75, 3.05) is 5.32 Å². The fourth-order valence-corrected chi connectivity index (χ4v) is 4.45. The van der Waals surface area contributed by atoms with Crippen LogP contribution in [-0.2, 0) is 0 Å². The highest BCUT2D eigenvalue weighted by Gasteiger charge is 2.19. The highest BCUT2D eigenvalue weighted by molar-refractivity contribution is 7.15. The molecule has 2 aromatic carbocycles. The molecule has 0 saturated carbocycles. The summed E-state index contributed by atoms with van der Waals surface area (Å²) in [4.78, 5) is 17.9. The minimum Gasteiger partial charge on any atom is -0.289 e. The molecule has 1 N–H and O–H groups in total. The van der Waals surface area contributed by atoms with Crippen LogP contribution in [0.1, 0.15) is 16.1 Å². The zero-order chi connectivity index (χ0) is 21.5. The standard InChI is InChI=1S/C21H14Cl2N6OS/c1-12-16(10-24-28(12)14-5-3-2-4-6-14)19(30)25-20-26-21-29(27-20)18(11-31-21)15-9-13(22)7-8-17(15)23/h2-11H,1H3,(H,25,27,30). The molecule has 1 amide bonds. The molecule has 7 nitrogen and oxygen atoms in total. The van der Waals surface area contributed by atoms with Crippen molar-refractivity contribution in [1.82, 2.24) is 24.4 Å². The van der Waals surface area contributed by atoms with Gasteiger partial charge in [0.25, 0.3) is 11.9 Å². The van der Waals surface area contributed by atoms with Crippen molar-refractivity contribution in [3.63, 3.8) is 0 Å². The molecular weight excluding hydrogens is 455 g/mol. The van der Waals surface area contributed by atoms with E-state index in [0.717, 1.165) is 22.6 Å². The topological polar surface area (TPSA) is 77.1 Å². The Kier molecular flexibility index (Phi) is 4.97. The van der Waals surface area contributed by atoms with Crippen LogP contribution in [0.2, 0.25) is 10.0 Å². The lowest BCUT2D eigenvalue weighted by atomic mass is 10.2. The average molecular weight is 469 g/mol. The zero-order valence-electron chi connectivity index (χ0n) is 16.1. The van der Waals surface area contributed by atoms with E-state index in [1.165, 1.54) is 17.5 Å². The number of anilines is 1. The van der Waals surface area contributed by atoms with Crippen LogP contribution in [0.25, 0.3) is 21.9 Å². The Morgan fingerprint density at radius 2 is 1.94 bits per heavy atom. The largest absolute Gasteiger partial charge is 0.289 e. The number of nitrogens with one attached hydrogen (secondary N) is 1. The van der Waals surface area contributed by atoms with Gasteiger partial charge in [-0.3, -0.25) is 10.1 Å². The van der Waals surface area contributed by atoms with Crippen LogP contribution in [0.5, 0.6) is 0 Å². The third-order valence-electron chi connectivity index (χ3n) is 4.77. The van der Waals surface area contributed by atoms with Crippen molar-refractivity contribution in [2.24, 2.45) is 0 Å². The predicted molar refractivity (Wildman–Crippen MR) is 123 cm³/mol. The highest BCUT2D eigenvalue weighted by atomic mass is 35.5. The number of rotatable bonds is 4. The van der Waals surface area contributed by atoms with Gasteiger partial charge in [-0.05, 0) is 37.3 Å². The van der Waals surface area contributed by atoms with Gasteiger partial charge in [-0.15, -0.1) is 16.4 Å². The third-order valence-corrected chi connectivity index (χ3v) is 6.15. The monoisotopic (exact) mass is 468 g/mol. The minimum atomic E-state index is -0.333. The molecule has 0 atom stereocenters. The highest BCUT2D eigenvalue weighted by Crippen LogP contribution is 2.33. The van der Waals surface area contributed by atoms with Gasteiger partial charge in [0.15, 0.2) is 0 Å². The summed E-state index contributed by atoms with van der Waals surface area (Å²) in [7, 11) is 0. The molecule has 154 valence electrons. The van der Waals surface area contributed by atoms with E-state index < -0.39 is 0 Å². The average Bonchev–Trinajstić information content (AvgIpc) is 3.44. The maximum atomic E-state index is 12.8. The number of hydrogen-bond donors (Lipinski definition) is 1. The molecule has 0 fully saturated rings. The lowest BCUT2D eigenvalue weighted by molar-refractivity contribution is 0.102. The fraction of sp³-hybridized carbons (Fsp3) is 0.0476. The van der Waals surface area contributed by atoms with Crippen LogP contribution in [-0.4, -0.2) is 30.3 Å². The first-order chi connectivity index (χ1) is 15.0. The number of carbonyl (C=O) groups excluding carboxylic acids is 1. The van der Waals surface area contributed by atoms with Gasteiger partial charge in [-0.2, -0.15) is 10.1 Å². The molecule has 0 radical (unpaired) electrons. The van der Waals surface area contributed by atoms with Gasteiger partial charge in [0.2, 0.25) is 4.96 Å². The summed E-state index contributed by atoms with van der Waals surface area (Å²) in [6, 6.07) is 14.8. The Bertz CT molecular complexity index is 1420. The summed E-state index contributed by atoms with van der Waals surface area (Å²) in [6.45, 7) is 1.84. The molecule has 0 saturated heterocycles. The second-order valence-electron chi connectivity index (χ2n) is 6.72. The van der Waals surface area contributed by atoms with Crippen molar-refractivity contribution in [3.05, 3.63) is 81.4 Å². The summed E-state index contributed by atoms with van der Waals surface area (Å²) in [5.41, 5.74) is 3.52. The van der Waals surface area contributed by atoms with Gasteiger partial charge in [-0.25, -0.2) is 9.20 Å². The Morgan fingerprint density at radius 1 is 1.13 bits per heavy atom. The quantitative estimate of drug-likeness (QED) is 0.377. The van der Waals surface area contributed by atoms with Gasteiger partial charge in [0.1, 0.15) is 0 Å². The van der Waals surface area contributed by atoms with Crippen molar-refractivity contribution in [2.45, 2.75) is 6.92 Å². The molecule has 0 aliphatic heterocycles. The molecule has 5 aromatic rings. The van der Waals surface area contributed by atoms with Crippen molar-refractivity contribution in [3.8, 4) is 16.9 Å². The van der Waals surface area contributed by atoms with Gasteiger partial charge in [0.05, 0.1) is 33.9 Å². The number of thiazole rings is 1. The maximum absolute atomic E-state index is 12.8. The molecule has 0 aliphatic carbocycles. The minimum absolute atomic E-state index is 0.197. The fourth-order valence-electron chi connectivity index (χ4n) is 3.24. The summed E-state index contributed by atoms with van der Waals surface area (Å²) in [6.07, 6.45) is 1.53. The van der Waals surface area contributed by atoms with Gasteiger partial charge < -0.3 is 0 Å². The van der Waals surface area contributed by atoms with E-state index in [-0.39, 0.29) is 11.9 Å². The number of aromatic nitrogens is 5. The molecule has 10 heteroatoms. The Balaban J connectivity index is 1.44. The lowest BCUT2D eigenvalue weighted by Crippen LogP contribution is -2.14. The van der Waals surface area contributed by atoms with Crippen molar-refractivity contribution in [1.29, 1.82) is 0 Å². The number of amides is 1. The Labute approximate surface area is 190 Å². The number of carbonyl (C=O) groups is 1. The predicted octanol–water partition coefficient (Wildman–Crippen LogP) is 5.51. The zero-order valence-corrected chi connectivity index (χ0v) is 18.4. The number of halogens is 2. The van der Waals surface area contributed by atoms with Gasteiger partial charge in [-0.1, -0.05) is 41.4 Å². The second-order valence-corrected chi connectivity index (χ2v) is 8.40. The first kappa shape index (κ1) is 19.7. The van der Waals surface area contributed by atoms with Gasteiger partial charge >= 0.3 is 0 Å². The molecule has 0 spiro atoms. The molecule has 3 heterocycles. The molecule has 0 aliphatic rings. The van der Waals surface area contributed by atoms with E-state index in [1.807, 2.05) is 42.6 Å². The van der Waals surface area contributed by atoms with E-state index in [4.69, 9.17) is 23.2 Å². The summed E-state index contributed by atoms with van der Waals surface area (Å²) in [5.74, 6) is -0.136. The maximum Gasteiger partial charge on any atom is 0.261 e. The lowest BCUT2D eigenvalue weighted by Gasteiger charge is -2.05. The number of nitrogens with zero attached hydrogens (tertiary/aromatic N) is 5. The summed E-state index contributed by atoms with van der Waals surface area (Å²) < 4.78 is 3.35. The van der Waals surface area contributed by atoms with E-state index in [1.54, 1.807) is 27.4 Å². The van der Waals surface area contributed by atoms with E-state index in [2.05, 4.69) is 20.5 Å². The van der Waals surface area contributed by atoms with Crippen LogP contribution in [0.15, 0.2) is 60.1 Å². The van der Waals surface area contributed by atoms with Crippen LogP contribution < -0.4 is 5.32 Å². The number of fused-ring (bicyclic) bond motifs is 1. The van der Waals surface area contributed by atoms with Crippen LogP contribution in [0.3, 0.4) is 0 Å².